The zero-order valence-electron chi connectivity index (χ0n) is 16.6. The highest BCUT2D eigenvalue weighted by atomic mass is 19.4. The normalized spacial score (nSPS) is 10.9. The average Bonchev–Trinajstić information content (AvgIpc) is 2.78. The summed E-state index contributed by atoms with van der Waals surface area (Å²) in [7, 11) is 1.38. The zero-order chi connectivity index (χ0) is 23.1. The zero-order valence-corrected chi connectivity index (χ0v) is 16.6. The van der Waals surface area contributed by atoms with E-state index in [0.29, 0.717) is 11.3 Å². The van der Waals surface area contributed by atoms with Gasteiger partial charge >= 0.3 is 6.18 Å². The van der Waals surface area contributed by atoms with Crippen molar-refractivity contribution >= 4 is 23.2 Å². The lowest BCUT2D eigenvalue weighted by molar-refractivity contribution is -0.154. The number of amides is 2. The third-order valence-corrected chi connectivity index (χ3v) is 4.02. The quantitative estimate of drug-likeness (QED) is 0.570. The van der Waals surface area contributed by atoms with Crippen molar-refractivity contribution in [2.75, 3.05) is 24.4 Å². The molecule has 2 aromatic heterocycles. The summed E-state index contributed by atoms with van der Waals surface area (Å²) >= 11 is 0. The number of anilines is 2. The van der Waals surface area contributed by atoms with Gasteiger partial charge in [-0.15, -0.1) is 0 Å². The molecule has 0 saturated carbocycles. The molecule has 3 aromatic rings. The molecule has 0 spiro atoms. The first-order valence-corrected chi connectivity index (χ1v) is 9.12. The van der Waals surface area contributed by atoms with Gasteiger partial charge in [0.2, 0.25) is 5.88 Å². The summed E-state index contributed by atoms with van der Waals surface area (Å²) in [5.74, 6) is -1.34. The molecule has 1 aromatic carbocycles. The topological polar surface area (TPSA) is 102 Å². The number of alkyl halides is 3. The van der Waals surface area contributed by atoms with E-state index in [2.05, 4.69) is 25.3 Å². The van der Waals surface area contributed by atoms with Gasteiger partial charge in [0.15, 0.2) is 6.61 Å². The molecule has 0 aliphatic heterocycles. The van der Waals surface area contributed by atoms with Crippen LogP contribution in [0.1, 0.15) is 20.7 Å². The Bertz CT molecular complexity index is 1110. The molecule has 0 radical (unpaired) electrons. The van der Waals surface area contributed by atoms with Gasteiger partial charge in [0.25, 0.3) is 11.8 Å². The van der Waals surface area contributed by atoms with E-state index in [-0.39, 0.29) is 17.0 Å². The number of methoxy groups -OCH3 is 1. The molecule has 0 aliphatic rings. The summed E-state index contributed by atoms with van der Waals surface area (Å²) in [4.78, 5) is 32.5. The largest absolute Gasteiger partial charge is 0.494 e. The standard InChI is InChI=1S/C21H17F3N4O4/c1-31-17-10-14(6-7-16(17)28-18(29)13-4-2-8-25-11-13)27-19(30)15-5-3-9-26-20(15)32-12-21(22,23)24/h2-11H,12H2,1H3,(H,27,30)(H,28,29). The Morgan fingerprint density at radius 3 is 2.50 bits per heavy atom. The number of pyridine rings is 2. The molecule has 8 nitrogen and oxygen atoms in total. The summed E-state index contributed by atoms with van der Waals surface area (Å²) in [5.41, 5.74) is 0.784. The van der Waals surface area contributed by atoms with Gasteiger partial charge in [-0.25, -0.2) is 4.98 Å². The van der Waals surface area contributed by atoms with Crippen molar-refractivity contribution in [2.24, 2.45) is 0 Å². The summed E-state index contributed by atoms with van der Waals surface area (Å²) in [6, 6.07) is 10.3. The third kappa shape index (κ3) is 5.94. The van der Waals surface area contributed by atoms with E-state index >= 15 is 0 Å². The molecule has 0 unspecified atom stereocenters. The molecule has 11 heteroatoms. The molecule has 2 heterocycles. The number of nitrogens with one attached hydrogen (secondary N) is 2. The van der Waals surface area contributed by atoms with Gasteiger partial charge in [0, 0.05) is 30.3 Å². The van der Waals surface area contributed by atoms with E-state index < -0.39 is 30.5 Å². The molecule has 166 valence electrons. The van der Waals surface area contributed by atoms with Gasteiger partial charge in [0.1, 0.15) is 11.3 Å². The van der Waals surface area contributed by atoms with Crippen molar-refractivity contribution in [3.05, 3.63) is 72.2 Å². The molecule has 2 N–H and O–H groups in total. The number of rotatable bonds is 7. The number of ether oxygens (including phenoxy) is 2. The minimum Gasteiger partial charge on any atom is -0.494 e. The molecule has 0 atom stereocenters. The lowest BCUT2D eigenvalue weighted by Gasteiger charge is -2.14. The fraction of sp³-hybridized carbons (Fsp3) is 0.143. The maximum atomic E-state index is 12.6. The first-order chi connectivity index (χ1) is 15.3. The second-order valence-corrected chi connectivity index (χ2v) is 6.32. The van der Waals surface area contributed by atoms with Crippen LogP contribution >= 0.6 is 0 Å². The number of halogens is 3. The molecule has 0 saturated heterocycles. The van der Waals surface area contributed by atoms with E-state index in [1.165, 1.54) is 56.0 Å². The van der Waals surface area contributed by atoms with Gasteiger partial charge < -0.3 is 20.1 Å². The van der Waals surface area contributed by atoms with E-state index in [1.54, 1.807) is 12.1 Å². The van der Waals surface area contributed by atoms with Gasteiger partial charge in [-0.2, -0.15) is 13.2 Å². The van der Waals surface area contributed by atoms with Crippen LogP contribution in [0.3, 0.4) is 0 Å². The van der Waals surface area contributed by atoms with Crippen LogP contribution in [-0.2, 0) is 0 Å². The summed E-state index contributed by atoms with van der Waals surface area (Å²) in [5, 5.41) is 5.22. The molecule has 2 amide bonds. The van der Waals surface area contributed by atoms with Crippen molar-refractivity contribution in [3.8, 4) is 11.6 Å². The molecular formula is C21H17F3N4O4. The van der Waals surface area contributed by atoms with Crippen molar-refractivity contribution in [1.29, 1.82) is 0 Å². The maximum absolute atomic E-state index is 12.6. The van der Waals surface area contributed by atoms with E-state index in [9.17, 15) is 22.8 Å². The highest BCUT2D eigenvalue weighted by molar-refractivity contribution is 6.07. The summed E-state index contributed by atoms with van der Waals surface area (Å²) < 4.78 is 47.2. The highest BCUT2D eigenvalue weighted by Gasteiger charge is 2.29. The van der Waals surface area contributed by atoms with Crippen molar-refractivity contribution in [3.63, 3.8) is 0 Å². The van der Waals surface area contributed by atoms with E-state index in [1.807, 2.05) is 0 Å². The number of carbonyl (C=O) groups excluding carboxylic acids is 2. The van der Waals surface area contributed by atoms with E-state index in [4.69, 9.17) is 4.74 Å². The van der Waals surface area contributed by atoms with E-state index in [0.717, 1.165) is 0 Å². The number of benzene rings is 1. The monoisotopic (exact) mass is 446 g/mol. The molecule has 0 fully saturated rings. The van der Waals surface area contributed by atoms with Gasteiger partial charge in [-0.1, -0.05) is 0 Å². The number of aromatic nitrogens is 2. The fourth-order valence-corrected chi connectivity index (χ4v) is 2.59. The first-order valence-electron chi connectivity index (χ1n) is 9.12. The lowest BCUT2D eigenvalue weighted by atomic mass is 10.2. The Kier molecular flexibility index (Phi) is 6.88. The second kappa shape index (κ2) is 9.77. The van der Waals surface area contributed by atoms with Gasteiger partial charge in [0.05, 0.1) is 18.4 Å². The van der Waals surface area contributed by atoms with Crippen molar-refractivity contribution < 1.29 is 32.2 Å². The van der Waals surface area contributed by atoms with Crippen LogP contribution < -0.4 is 20.1 Å². The fourth-order valence-electron chi connectivity index (χ4n) is 2.59. The van der Waals surface area contributed by atoms with Crippen LogP contribution in [0.5, 0.6) is 11.6 Å². The molecule has 0 aliphatic carbocycles. The lowest BCUT2D eigenvalue weighted by Crippen LogP contribution is -2.22. The highest BCUT2D eigenvalue weighted by Crippen LogP contribution is 2.29. The molecule has 0 bridgehead atoms. The summed E-state index contributed by atoms with van der Waals surface area (Å²) in [6.45, 7) is -1.58. The van der Waals surface area contributed by atoms with Crippen LogP contribution in [0.25, 0.3) is 0 Å². The summed E-state index contributed by atoms with van der Waals surface area (Å²) in [6.07, 6.45) is -0.417. The Hall–Kier alpha value is -4.15. The van der Waals surface area contributed by atoms with Crippen LogP contribution in [-0.4, -0.2) is 41.7 Å². The van der Waals surface area contributed by atoms with Crippen molar-refractivity contribution in [1.82, 2.24) is 9.97 Å². The van der Waals surface area contributed by atoms with Crippen LogP contribution in [0, 0.1) is 0 Å². The molecule has 3 rings (SSSR count). The SMILES string of the molecule is COc1cc(NC(=O)c2cccnc2OCC(F)(F)F)ccc1NC(=O)c1cccnc1. The number of hydrogen-bond acceptors (Lipinski definition) is 6. The first kappa shape index (κ1) is 22.5. The minimum atomic E-state index is -4.57. The van der Waals surface area contributed by atoms with Crippen molar-refractivity contribution in [2.45, 2.75) is 6.18 Å². The Morgan fingerprint density at radius 1 is 1.03 bits per heavy atom. The predicted molar refractivity (Wildman–Crippen MR) is 109 cm³/mol. The Morgan fingerprint density at radius 2 is 1.81 bits per heavy atom. The Labute approximate surface area is 180 Å². The van der Waals surface area contributed by atoms with Gasteiger partial charge in [-0.3, -0.25) is 14.6 Å². The number of hydrogen-bond donors (Lipinski definition) is 2. The third-order valence-electron chi connectivity index (χ3n) is 4.02. The predicted octanol–water partition coefficient (Wildman–Crippen LogP) is 3.93. The smallest absolute Gasteiger partial charge is 0.422 e. The number of nitrogens with zero attached hydrogens (tertiary/aromatic N) is 2. The minimum absolute atomic E-state index is 0.176. The second-order valence-electron chi connectivity index (χ2n) is 6.32. The van der Waals surface area contributed by atoms with Crippen LogP contribution in [0.15, 0.2) is 61.1 Å². The molecular weight excluding hydrogens is 429 g/mol. The van der Waals surface area contributed by atoms with Crippen LogP contribution in [0.2, 0.25) is 0 Å². The van der Waals surface area contributed by atoms with Gasteiger partial charge in [-0.05, 0) is 36.4 Å². The molecule has 32 heavy (non-hydrogen) atoms. The average molecular weight is 446 g/mol. The number of carbonyl (C=O) groups is 2. The van der Waals surface area contributed by atoms with Crippen LogP contribution in [0.4, 0.5) is 24.5 Å². The Balaban J connectivity index is 1.74. The maximum Gasteiger partial charge on any atom is 0.422 e.